The van der Waals surface area contributed by atoms with Gasteiger partial charge in [0.25, 0.3) is 5.91 Å². The zero-order valence-corrected chi connectivity index (χ0v) is 16.7. The second-order valence-electron chi connectivity index (χ2n) is 6.92. The summed E-state index contributed by atoms with van der Waals surface area (Å²) in [6.07, 6.45) is 1.04. The van der Waals surface area contributed by atoms with E-state index in [1.807, 2.05) is 0 Å². The number of carbonyl (C=O) groups is 3. The summed E-state index contributed by atoms with van der Waals surface area (Å²) in [7, 11) is -3.40. The molecule has 0 radical (unpaired) electrons. The second-order valence-corrected chi connectivity index (χ2v) is 8.93. The summed E-state index contributed by atoms with van der Waals surface area (Å²) in [6, 6.07) is 6.88. The number of sulfone groups is 1. The van der Waals surface area contributed by atoms with Crippen molar-refractivity contribution in [3.8, 4) is 0 Å². The Morgan fingerprint density at radius 2 is 1.77 bits per heavy atom. The molecule has 30 heavy (non-hydrogen) atoms. The van der Waals surface area contributed by atoms with Crippen LogP contribution in [0.25, 0.3) is 0 Å². The van der Waals surface area contributed by atoms with Gasteiger partial charge in [0, 0.05) is 17.5 Å². The fraction of sp³-hybridized carbons (Fsp3) is 0.211. The van der Waals surface area contributed by atoms with Crippen LogP contribution in [0.3, 0.4) is 0 Å². The number of nitrogens with one attached hydrogen (secondary N) is 2. The van der Waals surface area contributed by atoms with E-state index in [1.54, 1.807) is 0 Å². The summed E-state index contributed by atoms with van der Waals surface area (Å²) in [5.74, 6) is -3.33. The van der Waals surface area contributed by atoms with E-state index in [-0.39, 0.29) is 16.1 Å². The van der Waals surface area contributed by atoms with E-state index in [0.717, 1.165) is 24.5 Å². The van der Waals surface area contributed by atoms with Crippen molar-refractivity contribution in [3.63, 3.8) is 0 Å². The maximum absolute atomic E-state index is 14.1. The molecule has 158 valence electrons. The van der Waals surface area contributed by atoms with Gasteiger partial charge in [0.05, 0.1) is 4.90 Å². The summed E-state index contributed by atoms with van der Waals surface area (Å²) in [4.78, 5) is 37.9. The van der Waals surface area contributed by atoms with Crippen LogP contribution in [0.15, 0.2) is 47.4 Å². The van der Waals surface area contributed by atoms with Crippen LogP contribution < -0.4 is 10.6 Å². The minimum atomic E-state index is -3.40. The van der Waals surface area contributed by atoms with E-state index in [2.05, 4.69) is 10.6 Å². The topological polar surface area (TPSA) is 113 Å². The maximum Gasteiger partial charge on any atom is 0.325 e. The van der Waals surface area contributed by atoms with Gasteiger partial charge in [-0.3, -0.25) is 14.5 Å². The number of hydrogen-bond donors (Lipinski definition) is 2. The zero-order valence-electron chi connectivity index (χ0n) is 15.9. The van der Waals surface area contributed by atoms with Gasteiger partial charge in [-0.15, -0.1) is 0 Å². The minimum Gasteiger partial charge on any atom is -0.325 e. The van der Waals surface area contributed by atoms with E-state index in [0.29, 0.717) is 4.90 Å². The first-order valence-electron chi connectivity index (χ1n) is 8.61. The third kappa shape index (κ3) is 4.01. The van der Waals surface area contributed by atoms with Crippen LogP contribution in [0.1, 0.15) is 12.5 Å². The highest BCUT2D eigenvalue weighted by atomic mass is 32.2. The lowest BCUT2D eigenvalue weighted by Gasteiger charge is -2.22. The molecule has 11 heteroatoms. The molecule has 0 aromatic heterocycles. The molecule has 0 aliphatic carbocycles. The fourth-order valence-corrected chi connectivity index (χ4v) is 3.66. The van der Waals surface area contributed by atoms with E-state index in [9.17, 15) is 31.6 Å². The Morgan fingerprint density at radius 3 is 2.37 bits per heavy atom. The Morgan fingerprint density at radius 1 is 1.13 bits per heavy atom. The molecule has 4 amide bonds. The molecule has 1 unspecified atom stereocenters. The third-order valence-electron chi connectivity index (χ3n) is 4.61. The lowest BCUT2D eigenvalue weighted by Crippen LogP contribution is -2.42. The molecule has 3 rings (SSSR count). The van der Waals surface area contributed by atoms with Crippen molar-refractivity contribution in [2.24, 2.45) is 0 Å². The normalized spacial score (nSPS) is 19.0. The second kappa shape index (κ2) is 7.48. The first-order chi connectivity index (χ1) is 13.9. The average molecular weight is 437 g/mol. The van der Waals surface area contributed by atoms with Crippen LogP contribution >= 0.6 is 0 Å². The monoisotopic (exact) mass is 437 g/mol. The standard InChI is InChI=1S/C19H17F2N3O5S/c1-19(14-9-11(20)3-8-15(14)21)17(26)24(18(27)23-19)10-16(25)22-12-4-6-13(7-5-12)30(2,28)29/h3-9H,10H2,1-2H3,(H,22,25)(H,23,27). The third-order valence-corrected chi connectivity index (χ3v) is 5.74. The predicted molar refractivity (Wildman–Crippen MR) is 102 cm³/mol. The Hall–Kier alpha value is -3.34. The average Bonchev–Trinajstić information content (AvgIpc) is 2.87. The first-order valence-corrected chi connectivity index (χ1v) is 10.5. The zero-order chi connectivity index (χ0) is 22.3. The van der Waals surface area contributed by atoms with Gasteiger partial charge < -0.3 is 10.6 Å². The van der Waals surface area contributed by atoms with Crippen LogP contribution in [-0.2, 0) is 25.0 Å². The van der Waals surface area contributed by atoms with Crippen molar-refractivity contribution >= 4 is 33.4 Å². The molecule has 2 N–H and O–H groups in total. The van der Waals surface area contributed by atoms with Gasteiger partial charge in [-0.1, -0.05) is 0 Å². The SMILES string of the molecule is CC1(c2cc(F)ccc2F)NC(=O)N(CC(=O)Nc2ccc(S(C)(=O)=O)cc2)C1=O. The van der Waals surface area contributed by atoms with Crippen molar-refractivity contribution in [2.75, 3.05) is 18.1 Å². The van der Waals surface area contributed by atoms with Gasteiger partial charge in [0.15, 0.2) is 9.84 Å². The Kier molecular flexibility index (Phi) is 5.33. The molecular weight excluding hydrogens is 420 g/mol. The Bertz CT molecular complexity index is 1150. The van der Waals surface area contributed by atoms with Crippen LogP contribution in [-0.4, -0.2) is 44.0 Å². The highest BCUT2D eigenvalue weighted by molar-refractivity contribution is 7.90. The largest absolute Gasteiger partial charge is 0.325 e. The number of benzene rings is 2. The number of urea groups is 1. The summed E-state index contributed by atoms with van der Waals surface area (Å²) in [6.45, 7) is 0.540. The summed E-state index contributed by atoms with van der Waals surface area (Å²) >= 11 is 0. The molecule has 1 saturated heterocycles. The van der Waals surface area contributed by atoms with Gasteiger partial charge in [-0.05, 0) is 49.4 Å². The van der Waals surface area contributed by atoms with Gasteiger partial charge in [0.1, 0.15) is 23.7 Å². The molecule has 8 nitrogen and oxygen atoms in total. The minimum absolute atomic E-state index is 0.0579. The van der Waals surface area contributed by atoms with Crippen LogP contribution in [0.5, 0.6) is 0 Å². The summed E-state index contributed by atoms with van der Waals surface area (Å²) in [5.41, 5.74) is -1.99. The van der Waals surface area contributed by atoms with Crippen molar-refractivity contribution in [2.45, 2.75) is 17.4 Å². The molecule has 1 heterocycles. The van der Waals surface area contributed by atoms with Crippen LogP contribution in [0, 0.1) is 11.6 Å². The van der Waals surface area contributed by atoms with E-state index in [1.165, 1.54) is 31.2 Å². The number of amides is 4. The molecule has 0 spiro atoms. The van der Waals surface area contributed by atoms with Crippen molar-refractivity contribution in [1.82, 2.24) is 10.2 Å². The lowest BCUT2D eigenvalue weighted by atomic mass is 9.91. The number of anilines is 1. The highest BCUT2D eigenvalue weighted by Gasteiger charge is 2.50. The molecule has 1 fully saturated rings. The van der Waals surface area contributed by atoms with Gasteiger partial charge >= 0.3 is 6.03 Å². The maximum atomic E-state index is 14.1. The Labute approximate surface area is 170 Å². The number of halogens is 2. The number of rotatable bonds is 5. The highest BCUT2D eigenvalue weighted by Crippen LogP contribution is 2.31. The van der Waals surface area contributed by atoms with E-state index in [4.69, 9.17) is 0 Å². The molecule has 1 atom stereocenters. The molecule has 0 bridgehead atoms. The number of nitrogens with zero attached hydrogens (tertiary/aromatic N) is 1. The number of hydrogen-bond acceptors (Lipinski definition) is 5. The van der Waals surface area contributed by atoms with Crippen LogP contribution in [0.4, 0.5) is 19.3 Å². The van der Waals surface area contributed by atoms with E-state index >= 15 is 0 Å². The summed E-state index contributed by atoms with van der Waals surface area (Å²) in [5, 5.41) is 4.73. The summed E-state index contributed by atoms with van der Waals surface area (Å²) < 4.78 is 50.6. The number of carbonyl (C=O) groups excluding carboxylic acids is 3. The van der Waals surface area contributed by atoms with Crippen molar-refractivity contribution < 1.29 is 31.6 Å². The molecule has 1 aliphatic heterocycles. The van der Waals surface area contributed by atoms with Crippen molar-refractivity contribution in [1.29, 1.82) is 0 Å². The van der Waals surface area contributed by atoms with Gasteiger partial charge in [0.2, 0.25) is 5.91 Å². The predicted octanol–water partition coefficient (Wildman–Crippen LogP) is 1.77. The number of imide groups is 1. The molecule has 1 aliphatic rings. The lowest BCUT2D eigenvalue weighted by molar-refractivity contribution is -0.133. The van der Waals surface area contributed by atoms with Gasteiger partial charge in [-0.25, -0.2) is 22.0 Å². The van der Waals surface area contributed by atoms with E-state index < -0.39 is 51.4 Å². The van der Waals surface area contributed by atoms with Crippen LogP contribution in [0.2, 0.25) is 0 Å². The molecule has 2 aromatic carbocycles. The van der Waals surface area contributed by atoms with Crippen molar-refractivity contribution in [3.05, 3.63) is 59.7 Å². The molecular formula is C19H17F2N3O5S. The smallest absolute Gasteiger partial charge is 0.325 e. The fourth-order valence-electron chi connectivity index (χ4n) is 3.03. The first kappa shape index (κ1) is 21.4. The molecule has 0 saturated carbocycles. The van der Waals surface area contributed by atoms with Gasteiger partial charge in [-0.2, -0.15) is 0 Å². The Balaban J connectivity index is 1.75. The quantitative estimate of drug-likeness (QED) is 0.693. The molecule has 2 aromatic rings.